The fraction of sp³-hybridized carbons (Fsp3) is 0.857. The number of amides is 3. The molecule has 0 fully saturated rings. The molecular formula is C21H43ClN4O3. The lowest BCUT2D eigenvalue weighted by Gasteiger charge is -2.17. The summed E-state index contributed by atoms with van der Waals surface area (Å²) in [6.45, 7) is 3.28. The van der Waals surface area contributed by atoms with Gasteiger partial charge in [0.15, 0.2) is 0 Å². The number of unbranched alkanes of at least 4 members (excludes halogenated alkanes) is 10. The van der Waals surface area contributed by atoms with Gasteiger partial charge in [0, 0.05) is 19.5 Å². The van der Waals surface area contributed by atoms with Crippen LogP contribution in [-0.2, 0) is 14.4 Å². The Balaban J connectivity index is 0. The third-order valence-electron chi connectivity index (χ3n) is 4.74. The minimum atomic E-state index is -0.894. The second kappa shape index (κ2) is 21.4. The molecule has 7 nitrogen and oxygen atoms in total. The van der Waals surface area contributed by atoms with Crippen molar-refractivity contribution < 1.29 is 14.4 Å². The van der Waals surface area contributed by atoms with Crippen molar-refractivity contribution in [2.24, 2.45) is 5.73 Å². The summed E-state index contributed by atoms with van der Waals surface area (Å²) in [6, 6.07) is -0.894. The summed E-state index contributed by atoms with van der Waals surface area (Å²) >= 11 is 0. The summed E-state index contributed by atoms with van der Waals surface area (Å²) in [5, 5.41) is 8.23. The minimum Gasteiger partial charge on any atom is -0.370 e. The van der Waals surface area contributed by atoms with Crippen molar-refractivity contribution in [3.05, 3.63) is 0 Å². The molecule has 0 aromatic carbocycles. The lowest BCUT2D eigenvalue weighted by atomic mass is 10.1. The van der Waals surface area contributed by atoms with Crippen LogP contribution in [0.5, 0.6) is 0 Å². The zero-order chi connectivity index (χ0) is 21.0. The predicted molar refractivity (Wildman–Crippen MR) is 121 cm³/mol. The van der Waals surface area contributed by atoms with Crippen LogP contribution < -0.4 is 21.7 Å². The van der Waals surface area contributed by atoms with Gasteiger partial charge in [-0.25, -0.2) is 0 Å². The molecule has 8 heteroatoms. The highest BCUT2D eigenvalue weighted by atomic mass is 35.5. The lowest BCUT2D eigenvalue weighted by Crippen LogP contribution is -2.49. The molecule has 0 radical (unpaired) electrons. The van der Waals surface area contributed by atoms with Crippen LogP contribution in [0.25, 0.3) is 0 Å². The highest BCUT2D eigenvalue weighted by Gasteiger charge is 2.22. The second-order valence-corrected chi connectivity index (χ2v) is 7.47. The van der Waals surface area contributed by atoms with E-state index in [-0.39, 0.29) is 30.6 Å². The van der Waals surface area contributed by atoms with E-state index in [1.807, 2.05) is 0 Å². The third-order valence-corrected chi connectivity index (χ3v) is 4.74. The van der Waals surface area contributed by atoms with E-state index >= 15 is 0 Å². The second-order valence-electron chi connectivity index (χ2n) is 7.47. The summed E-state index contributed by atoms with van der Waals surface area (Å²) in [4.78, 5) is 35.3. The molecule has 0 saturated carbocycles. The van der Waals surface area contributed by atoms with Gasteiger partial charge < -0.3 is 21.7 Å². The number of primary amides is 1. The molecule has 1 atom stereocenters. The van der Waals surface area contributed by atoms with Crippen LogP contribution in [0.15, 0.2) is 0 Å². The van der Waals surface area contributed by atoms with Crippen LogP contribution in [0.3, 0.4) is 0 Å². The molecule has 0 rings (SSSR count). The number of hydrogen-bond acceptors (Lipinski definition) is 4. The normalized spacial score (nSPS) is 11.4. The Labute approximate surface area is 183 Å². The molecule has 0 aliphatic rings. The van der Waals surface area contributed by atoms with E-state index < -0.39 is 11.9 Å². The number of likely N-dealkylation sites (N-methyl/N-ethyl adjacent to an activating group) is 1. The van der Waals surface area contributed by atoms with Crippen molar-refractivity contribution in [2.45, 2.75) is 96.4 Å². The van der Waals surface area contributed by atoms with Crippen LogP contribution in [0, 0.1) is 0 Å². The van der Waals surface area contributed by atoms with Gasteiger partial charge in [0.1, 0.15) is 6.04 Å². The lowest BCUT2D eigenvalue weighted by molar-refractivity contribution is -0.131. The van der Waals surface area contributed by atoms with Crippen molar-refractivity contribution in [1.82, 2.24) is 16.0 Å². The number of hydrogen-bond donors (Lipinski definition) is 4. The summed E-state index contributed by atoms with van der Waals surface area (Å²) in [5.41, 5.74) is 5.19. The first-order valence-electron chi connectivity index (χ1n) is 11.0. The zero-order valence-corrected chi connectivity index (χ0v) is 19.2. The van der Waals surface area contributed by atoms with Crippen LogP contribution >= 0.6 is 12.4 Å². The van der Waals surface area contributed by atoms with Gasteiger partial charge in [-0.1, -0.05) is 71.1 Å². The van der Waals surface area contributed by atoms with Gasteiger partial charge in [0.2, 0.25) is 17.7 Å². The van der Waals surface area contributed by atoms with Crippen LogP contribution in [0.2, 0.25) is 0 Å². The summed E-state index contributed by atoms with van der Waals surface area (Å²) in [5.74, 6) is -1.18. The van der Waals surface area contributed by atoms with E-state index in [2.05, 4.69) is 22.9 Å². The SMILES string of the molecule is CCCCCCCCCCCCCC(=O)N[C@H](CC(N)=O)C(=O)NCCNC.Cl. The Morgan fingerprint density at radius 3 is 1.83 bits per heavy atom. The highest BCUT2D eigenvalue weighted by molar-refractivity contribution is 5.91. The first-order chi connectivity index (χ1) is 13.5. The molecule has 0 saturated heterocycles. The molecule has 172 valence electrons. The average molecular weight is 435 g/mol. The molecular weight excluding hydrogens is 392 g/mol. The Morgan fingerprint density at radius 1 is 0.828 bits per heavy atom. The summed E-state index contributed by atoms with van der Waals surface area (Å²) in [6.07, 6.45) is 13.6. The van der Waals surface area contributed by atoms with Gasteiger partial charge in [0.25, 0.3) is 0 Å². The number of halogens is 1. The zero-order valence-electron chi connectivity index (χ0n) is 18.4. The van der Waals surface area contributed by atoms with Crippen LogP contribution in [0.1, 0.15) is 90.4 Å². The third kappa shape index (κ3) is 19.7. The first-order valence-corrected chi connectivity index (χ1v) is 11.0. The molecule has 0 spiro atoms. The Kier molecular flexibility index (Phi) is 22.0. The maximum Gasteiger partial charge on any atom is 0.243 e. The minimum absolute atomic E-state index is 0. The van der Waals surface area contributed by atoms with Gasteiger partial charge in [-0.3, -0.25) is 14.4 Å². The van der Waals surface area contributed by atoms with E-state index in [4.69, 9.17) is 5.73 Å². The maximum atomic E-state index is 12.1. The summed E-state index contributed by atoms with van der Waals surface area (Å²) < 4.78 is 0. The standard InChI is InChI=1S/C21H42N4O3.ClH/c1-3-4-5-6-7-8-9-10-11-12-13-14-20(27)25-18(17-19(22)26)21(28)24-16-15-23-2;/h18,23H,3-17H2,1-2H3,(H2,22,26)(H,24,28)(H,25,27);1H/t18-;/m1./s1. The largest absolute Gasteiger partial charge is 0.370 e. The van der Waals surface area contributed by atoms with E-state index in [1.54, 1.807) is 7.05 Å². The topological polar surface area (TPSA) is 113 Å². The quantitative estimate of drug-likeness (QED) is 0.234. The number of carbonyl (C=O) groups is 3. The first kappa shape index (κ1) is 29.9. The van der Waals surface area contributed by atoms with E-state index in [1.165, 1.54) is 51.4 Å². The smallest absolute Gasteiger partial charge is 0.243 e. The number of nitrogens with one attached hydrogen (secondary N) is 3. The van der Waals surface area contributed by atoms with Crippen molar-refractivity contribution in [2.75, 3.05) is 20.1 Å². The number of carbonyl (C=O) groups excluding carboxylic acids is 3. The Morgan fingerprint density at radius 2 is 1.34 bits per heavy atom. The predicted octanol–water partition coefficient (Wildman–Crippen LogP) is 2.81. The van der Waals surface area contributed by atoms with E-state index in [9.17, 15) is 14.4 Å². The average Bonchev–Trinajstić information content (AvgIpc) is 2.65. The molecule has 0 aromatic heterocycles. The van der Waals surface area contributed by atoms with Gasteiger partial charge in [-0.05, 0) is 13.5 Å². The van der Waals surface area contributed by atoms with Crippen LogP contribution in [-0.4, -0.2) is 43.9 Å². The molecule has 0 aliphatic heterocycles. The van der Waals surface area contributed by atoms with Crippen LogP contribution in [0.4, 0.5) is 0 Å². The molecule has 5 N–H and O–H groups in total. The molecule has 29 heavy (non-hydrogen) atoms. The molecule has 0 bridgehead atoms. The Bertz CT molecular complexity index is 436. The molecule has 3 amide bonds. The fourth-order valence-corrected chi connectivity index (χ4v) is 3.06. The molecule has 0 heterocycles. The van der Waals surface area contributed by atoms with E-state index in [0.717, 1.165) is 19.3 Å². The molecule has 0 aliphatic carbocycles. The van der Waals surface area contributed by atoms with Gasteiger partial charge in [0.05, 0.1) is 6.42 Å². The van der Waals surface area contributed by atoms with Gasteiger partial charge in [-0.15, -0.1) is 12.4 Å². The number of rotatable bonds is 19. The molecule has 0 unspecified atom stereocenters. The fourth-order valence-electron chi connectivity index (χ4n) is 3.06. The monoisotopic (exact) mass is 434 g/mol. The molecule has 0 aromatic rings. The van der Waals surface area contributed by atoms with Crippen molar-refractivity contribution in [3.63, 3.8) is 0 Å². The number of nitrogens with two attached hydrogens (primary N) is 1. The van der Waals surface area contributed by atoms with Crippen molar-refractivity contribution in [3.8, 4) is 0 Å². The van der Waals surface area contributed by atoms with Gasteiger partial charge in [-0.2, -0.15) is 0 Å². The Hall–Kier alpha value is -1.34. The van der Waals surface area contributed by atoms with Crippen molar-refractivity contribution >= 4 is 30.1 Å². The van der Waals surface area contributed by atoms with E-state index in [0.29, 0.717) is 19.5 Å². The maximum absolute atomic E-state index is 12.1. The summed E-state index contributed by atoms with van der Waals surface area (Å²) in [7, 11) is 1.78. The van der Waals surface area contributed by atoms with Crippen molar-refractivity contribution in [1.29, 1.82) is 0 Å². The van der Waals surface area contributed by atoms with Gasteiger partial charge >= 0.3 is 0 Å². The highest BCUT2D eigenvalue weighted by Crippen LogP contribution is 2.12.